The average Bonchev–Trinajstić information content (AvgIpc) is 3.44. The van der Waals surface area contributed by atoms with Crippen molar-refractivity contribution in [3.8, 4) is 11.5 Å². The molecule has 36 heavy (non-hydrogen) atoms. The van der Waals surface area contributed by atoms with Crippen LogP contribution < -0.4 is 9.47 Å². The maximum atomic E-state index is 13.6. The summed E-state index contributed by atoms with van der Waals surface area (Å²) in [4.78, 5) is 30.2. The topological polar surface area (TPSA) is 72.2 Å². The van der Waals surface area contributed by atoms with E-state index in [0.29, 0.717) is 46.0 Å². The standard InChI is InChI=1S/C27H28Cl2N2O5/c1-17(2)12-31(27(33)20-9-21(28)11-22(29)10-20)15-26(32)30(14-23-6-4-18(3)36-23)13-19-5-7-24-25(8-19)35-16-34-24/h4-11,17H,12-16H2,1-3H3. The highest BCUT2D eigenvalue weighted by atomic mass is 35.5. The average molecular weight is 531 g/mol. The molecule has 2 amide bonds. The maximum absolute atomic E-state index is 13.6. The lowest BCUT2D eigenvalue weighted by atomic mass is 10.1. The molecular weight excluding hydrogens is 503 g/mol. The summed E-state index contributed by atoms with van der Waals surface area (Å²) in [6, 6.07) is 14.0. The van der Waals surface area contributed by atoms with Crippen molar-refractivity contribution in [1.29, 1.82) is 0 Å². The van der Waals surface area contributed by atoms with Crippen LogP contribution in [0.3, 0.4) is 0 Å². The number of nitrogens with zero attached hydrogens (tertiary/aromatic N) is 2. The van der Waals surface area contributed by atoms with E-state index in [1.165, 1.54) is 4.90 Å². The largest absolute Gasteiger partial charge is 0.464 e. The van der Waals surface area contributed by atoms with E-state index in [2.05, 4.69) is 0 Å². The van der Waals surface area contributed by atoms with E-state index in [4.69, 9.17) is 37.1 Å². The first kappa shape index (κ1) is 25.9. The van der Waals surface area contributed by atoms with Crippen LogP contribution in [0.25, 0.3) is 0 Å². The van der Waals surface area contributed by atoms with Crippen LogP contribution in [0, 0.1) is 12.8 Å². The second-order valence-corrected chi connectivity index (χ2v) is 10.1. The second kappa shape index (κ2) is 11.3. The molecule has 0 saturated heterocycles. The van der Waals surface area contributed by atoms with Gasteiger partial charge < -0.3 is 23.7 Å². The van der Waals surface area contributed by atoms with Gasteiger partial charge in [0, 0.05) is 28.7 Å². The van der Waals surface area contributed by atoms with Crippen LogP contribution in [0.1, 0.15) is 41.3 Å². The highest BCUT2D eigenvalue weighted by molar-refractivity contribution is 6.35. The molecule has 0 N–H and O–H groups in total. The van der Waals surface area contributed by atoms with Crippen molar-refractivity contribution in [2.24, 2.45) is 5.92 Å². The molecule has 2 heterocycles. The molecule has 1 aromatic heterocycles. The monoisotopic (exact) mass is 530 g/mol. The lowest BCUT2D eigenvalue weighted by Gasteiger charge is -2.28. The van der Waals surface area contributed by atoms with Gasteiger partial charge >= 0.3 is 0 Å². The quantitative estimate of drug-likeness (QED) is 0.341. The first-order valence-corrected chi connectivity index (χ1v) is 12.4. The zero-order valence-electron chi connectivity index (χ0n) is 20.4. The fraction of sp³-hybridized carbons (Fsp3) is 0.333. The first-order valence-electron chi connectivity index (χ1n) is 11.6. The van der Waals surface area contributed by atoms with Crippen LogP contribution in [0.2, 0.25) is 10.0 Å². The maximum Gasteiger partial charge on any atom is 0.254 e. The summed E-state index contributed by atoms with van der Waals surface area (Å²) in [5, 5.41) is 0.721. The number of carbonyl (C=O) groups is 2. The number of hydrogen-bond acceptors (Lipinski definition) is 5. The smallest absolute Gasteiger partial charge is 0.254 e. The van der Waals surface area contributed by atoms with Crippen molar-refractivity contribution < 1.29 is 23.5 Å². The fourth-order valence-electron chi connectivity index (χ4n) is 4.03. The van der Waals surface area contributed by atoms with Gasteiger partial charge in [-0.05, 0) is 60.9 Å². The van der Waals surface area contributed by atoms with Crippen LogP contribution in [0.4, 0.5) is 0 Å². The van der Waals surface area contributed by atoms with E-state index in [0.717, 1.165) is 11.3 Å². The number of fused-ring (bicyclic) bond motifs is 1. The molecule has 1 aliphatic rings. The Morgan fingerprint density at radius 2 is 1.64 bits per heavy atom. The highest BCUT2D eigenvalue weighted by Crippen LogP contribution is 2.33. The summed E-state index contributed by atoms with van der Waals surface area (Å²) in [6.45, 7) is 6.87. The second-order valence-electron chi connectivity index (χ2n) is 9.19. The van der Waals surface area contributed by atoms with Gasteiger partial charge in [0.2, 0.25) is 12.7 Å². The van der Waals surface area contributed by atoms with Gasteiger partial charge in [-0.25, -0.2) is 0 Å². The number of benzene rings is 2. The summed E-state index contributed by atoms with van der Waals surface area (Å²) in [6.07, 6.45) is 0. The molecule has 9 heteroatoms. The predicted octanol–water partition coefficient (Wildman–Crippen LogP) is 5.95. The van der Waals surface area contributed by atoms with Gasteiger partial charge in [-0.15, -0.1) is 0 Å². The zero-order chi connectivity index (χ0) is 25.8. The van der Waals surface area contributed by atoms with Crippen LogP contribution >= 0.6 is 23.2 Å². The Morgan fingerprint density at radius 1 is 0.917 bits per heavy atom. The Labute approximate surface area is 220 Å². The van der Waals surface area contributed by atoms with E-state index < -0.39 is 0 Å². The highest BCUT2D eigenvalue weighted by Gasteiger charge is 2.25. The van der Waals surface area contributed by atoms with Gasteiger partial charge in [-0.3, -0.25) is 9.59 Å². The van der Waals surface area contributed by atoms with Crippen molar-refractivity contribution in [3.05, 3.63) is 81.2 Å². The Kier molecular flexibility index (Phi) is 8.11. The molecule has 4 rings (SSSR count). The first-order chi connectivity index (χ1) is 17.2. The summed E-state index contributed by atoms with van der Waals surface area (Å²) in [5.74, 6) is 2.35. The Hall–Kier alpha value is -3.16. The predicted molar refractivity (Wildman–Crippen MR) is 137 cm³/mol. The van der Waals surface area contributed by atoms with E-state index >= 15 is 0 Å². The van der Waals surface area contributed by atoms with Crippen molar-refractivity contribution in [2.45, 2.75) is 33.9 Å². The molecule has 2 aromatic carbocycles. The minimum absolute atomic E-state index is 0.106. The van der Waals surface area contributed by atoms with Crippen LogP contribution in [0.15, 0.2) is 52.9 Å². The molecule has 0 spiro atoms. The molecule has 0 saturated carbocycles. The van der Waals surface area contributed by atoms with E-state index in [-0.39, 0.29) is 37.6 Å². The van der Waals surface area contributed by atoms with E-state index in [9.17, 15) is 9.59 Å². The van der Waals surface area contributed by atoms with E-state index in [1.54, 1.807) is 23.1 Å². The molecule has 3 aromatic rings. The minimum Gasteiger partial charge on any atom is -0.464 e. The van der Waals surface area contributed by atoms with E-state index in [1.807, 2.05) is 51.1 Å². The molecule has 190 valence electrons. The van der Waals surface area contributed by atoms with Crippen LogP contribution in [-0.4, -0.2) is 41.5 Å². The lowest BCUT2D eigenvalue weighted by Crippen LogP contribution is -2.43. The van der Waals surface area contributed by atoms with Gasteiger partial charge in [-0.1, -0.05) is 43.1 Å². The number of amides is 2. The number of aryl methyl sites for hydroxylation is 1. The summed E-state index contributed by atoms with van der Waals surface area (Å²) in [7, 11) is 0. The van der Waals surface area contributed by atoms with Crippen molar-refractivity contribution >= 4 is 35.0 Å². The number of furan rings is 1. The van der Waals surface area contributed by atoms with Crippen molar-refractivity contribution in [3.63, 3.8) is 0 Å². The van der Waals surface area contributed by atoms with Crippen molar-refractivity contribution in [1.82, 2.24) is 9.80 Å². The molecule has 0 fully saturated rings. The molecule has 0 radical (unpaired) electrons. The van der Waals surface area contributed by atoms with Crippen LogP contribution in [0.5, 0.6) is 11.5 Å². The molecule has 1 aliphatic heterocycles. The number of ether oxygens (including phenoxy) is 2. The Morgan fingerprint density at radius 3 is 2.31 bits per heavy atom. The third-order valence-corrected chi connectivity index (χ3v) is 6.05. The van der Waals surface area contributed by atoms with Crippen molar-refractivity contribution in [2.75, 3.05) is 19.9 Å². The third kappa shape index (κ3) is 6.53. The molecule has 0 aliphatic carbocycles. The summed E-state index contributed by atoms with van der Waals surface area (Å²) in [5.41, 5.74) is 1.21. The molecule has 0 bridgehead atoms. The van der Waals surface area contributed by atoms with Gasteiger partial charge in [-0.2, -0.15) is 0 Å². The number of rotatable bonds is 9. The summed E-state index contributed by atoms with van der Waals surface area (Å²) >= 11 is 12.2. The fourth-order valence-corrected chi connectivity index (χ4v) is 4.56. The van der Waals surface area contributed by atoms with Gasteiger partial charge in [0.05, 0.1) is 6.54 Å². The Balaban J connectivity index is 1.57. The molecular formula is C27H28Cl2N2O5. The summed E-state index contributed by atoms with van der Waals surface area (Å²) < 4.78 is 16.6. The van der Waals surface area contributed by atoms with Crippen LogP contribution in [-0.2, 0) is 17.9 Å². The zero-order valence-corrected chi connectivity index (χ0v) is 21.9. The Bertz CT molecular complexity index is 1240. The molecule has 0 atom stereocenters. The van der Waals surface area contributed by atoms with Gasteiger partial charge in [0.15, 0.2) is 11.5 Å². The molecule has 7 nitrogen and oxygen atoms in total. The third-order valence-electron chi connectivity index (χ3n) is 5.61. The van der Waals surface area contributed by atoms with Gasteiger partial charge in [0.1, 0.15) is 18.1 Å². The number of halogens is 2. The van der Waals surface area contributed by atoms with Gasteiger partial charge in [0.25, 0.3) is 5.91 Å². The lowest BCUT2D eigenvalue weighted by molar-refractivity contribution is -0.133. The number of carbonyl (C=O) groups excluding carboxylic acids is 2. The minimum atomic E-state index is -0.307. The number of hydrogen-bond donors (Lipinski definition) is 0. The normalized spacial score (nSPS) is 12.2. The molecule has 0 unspecified atom stereocenters. The SMILES string of the molecule is Cc1ccc(CN(Cc2ccc3c(c2)OCO3)C(=O)CN(CC(C)C)C(=O)c2cc(Cl)cc(Cl)c2)o1.